The average molecular weight is 266 g/mol. The molecule has 1 heterocycles. The minimum Gasteiger partial charge on any atom is -0.461 e. The summed E-state index contributed by atoms with van der Waals surface area (Å²) < 4.78 is 11.8. The van der Waals surface area contributed by atoms with Crippen molar-refractivity contribution in [2.45, 2.75) is 19.4 Å². The summed E-state index contributed by atoms with van der Waals surface area (Å²) in [6.07, 6.45) is 0. The van der Waals surface area contributed by atoms with Gasteiger partial charge in [-0.2, -0.15) is 0 Å². The fourth-order valence-electron chi connectivity index (χ4n) is 2.28. The molecule has 2 aromatic carbocycles. The van der Waals surface area contributed by atoms with E-state index in [0.29, 0.717) is 12.6 Å². The van der Waals surface area contributed by atoms with Crippen molar-refractivity contribution in [3.8, 4) is 0 Å². The largest absolute Gasteiger partial charge is 0.461 e. The lowest BCUT2D eigenvalue weighted by Crippen LogP contribution is -2.20. The van der Waals surface area contributed by atoms with E-state index >= 15 is 0 Å². The summed E-state index contributed by atoms with van der Waals surface area (Å²) in [5.74, 6) is 0.618. The maximum atomic E-state index is 5.98. The van der Waals surface area contributed by atoms with Crippen LogP contribution in [-0.2, 0) is 9.47 Å². The van der Waals surface area contributed by atoms with Gasteiger partial charge in [0.1, 0.15) is 12.2 Å². The van der Waals surface area contributed by atoms with Crippen LogP contribution >= 0.6 is 0 Å². The van der Waals surface area contributed by atoms with Gasteiger partial charge < -0.3 is 9.47 Å². The monoisotopic (exact) mass is 266 g/mol. The topological polar surface area (TPSA) is 18.5 Å². The Bertz CT molecular complexity index is 571. The van der Waals surface area contributed by atoms with E-state index in [2.05, 4.69) is 24.3 Å². The molecule has 1 aliphatic rings. The van der Waals surface area contributed by atoms with Crippen LogP contribution in [0.25, 0.3) is 5.57 Å². The van der Waals surface area contributed by atoms with Gasteiger partial charge >= 0.3 is 0 Å². The second-order valence-electron chi connectivity index (χ2n) is 5.54. The fraction of sp³-hybridized carbons (Fsp3) is 0.222. The van der Waals surface area contributed by atoms with Gasteiger partial charge in [-0.1, -0.05) is 60.7 Å². The summed E-state index contributed by atoms with van der Waals surface area (Å²) in [5.41, 5.74) is 2.94. The molecule has 0 aromatic heterocycles. The van der Waals surface area contributed by atoms with Crippen molar-refractivity contribution >= 4 is 5.57 Å². The fourth-order valence-corrected chi connectivity index (χ4v) is 2.28. The molecule has 102 valence electrons. The summed E-state index contributed by atoms with van der Waals surface area (Å²) in [6, 6.07) is 20.4. The summed E-state index contributed by atoms with van der Waals surface area (Å²) >= 11 is 0. The lowest BCUT2D eigenvalue weighted by molar-refractivity contribution is 0.0830. The van der Waals surface area contributed by atoms with E-state index in [9.17, 15) is 0 Å². The molecule has 20 heavy (non-hydrogen) atoms. The van der Waals surface area contributed by atoms with Gasteiger partial charge in [-0.25, -0.2) is 0 Å². The van der Waals surface area contributed by atoms with Crippen LogP contribution < -0.4 is 0 Å². The van der Waals surface area contributed by atoms with Crippen molar-refractivity contribution < 1.29 is 9.47 Å². The summed E-state index contributed by atoms with van der Waals surface area (Å²) in [6.45, 7) is 4.65. The first-order valence-electron chi connectivity index (χ1n) is 6.83. The molecule has 0 unspecified atom stereocenters. The highest BCUT2D eigenvalue weighted by Gasteiger charge is 2.32. The summed E-state index contributed by atoms with van der Waals surface area (Å²) in [4.78, 5) is 0. The predicted molar refractivity (Wildman–Crippen MR) is 80.0 cm³/mol. The van der Waals surface area contributed by atoms with Crippen molar-refractivity contribution in [2.75, 3.05) is 6.61 Å². The Morgan fingerprint density at radius 1 is 0.850 bits per heavy atom. The third-order valence-electron chi connectivity index (χ3n) is 3.25. The number of ether oxygens (including phenoxy) is 2. The number of rotatable bonds is 2. The molecule has 0 radical (unpaired) electrons. The van der Waals surface area contributed by atoms with Gasteiger partial charge in [0, 0.05) is 0 Å². The van der Waals surface area contributed by atoms with Crippen LogP contribution in [0.5, 0.6) is 0 Å². The zero-order valence-corrected chi connectivity index (χ0v) is 11.8. The van der Waals surface area contributed by atoms with E-state index in [-0.39, 0.29) is 5.60 Å². The van der Waals surface area contributed by atoms with Crippen LogP contribution in [0.1, 0.15) is 25.0 Å². The van der Waals surface area contributed by atoms with Gasteiger partial charge in [0.25, 0.3) is 5.95 Å². The van der Waals surface area contributed by atoms with Crippen molar-refractivity contribution in [3.63, 3.8) is 0 Å². The molecule has 2 nitrogen and oxygen atoms in total. The first-order chi connectivity index (χ1) is 9.66. The lowest BCUT2D eigenvalue weighted by atomic mass is 9.99. The van der Waals surface area contributed by atoms with Gasteiger partial charge in [-0.15, -0.1) is 0 Å². The van der Waals surface area contributed by atoms with Crippen LogP contribution in [0.3, 0.4) is 0 Å². The Kier molecular flexibility index (Phi) is 3.23. The Hall–Kier alpha value is -2.22. The van der Waals surface area contributed by atoms with Crippen LogP contribution in [0.15, 0.2) is 66.6 Å². The molecular weight excluding hydrogens is 248 g/mol. The zero-order chi connectivity index (χ0) is 14.0. The van der Waals surface area contributed by atoms with Crippen molar-refractivity contribution in [1.29, 1.82) is 0 Å². The highest BCUT2D eigenvalue weighted by molar-refractivity contribution is 5.80. The number of benzene rings is 2. The molecule has 0 aliphatic carbocycles. The predicted octanol–water partition coefficient (Wildman–Crippen LogP) is 4.23. The second kappa shape index (κ2) is 5.04. The summed E-state index contributed by atoms with van der Waals surface area (Å²) in [5, 5.41) is 0. The second-order valence-corrected chi connectivity index (χ2v) is 5.54. The molecule has 3 rings (SSSR count). The molecule has 2 heteroatoms. The highest BCUT2D eigenvalue weighted by Crippen LogP contribution is 2.34. The van der Waals surface area contributed by atoms with Gasteiger partial charge in [0.05, 0.1) is 5.57 Å². The Balaban J connectivity index is 2.13. The first kappa shape index (κ1) is 12.8. The quantitative estimate of drug-likeness (QED) is 0.810. The van der Waals surface area contributed by atoms with E-state index in [1.54, 1.807) is 0 Å². The van der Waals surface area contributed by atoms with Crippen molar-refractivity contribution in [3.05, 3.63) is 77.7 Å². The third kappa shape index (κ3) is 2.55. The van der Waals surface area contributed by atoms with Gasteiger partial charge in [-0.3, -0.25) is 0 Å². The van der Waals surface area contributed by atoms with Crippen molar-refractivity contribution in [1.82, 2.24) is 0 Å². The number of hydrogen-bond acceptors (Lipinski definition) is 2. The minimum atomic E-state index is -0.274. The highest BCUT2D eigenvalue weighted by atomic mass is 16.7. The molecule has 2 aromatic rings. The third-order valence-corrected chi connectivity index (χ3v) is 3.25. The Morgan fingerprint density at radius 3 is 1.75 bits per heavy atom. The van der Waals surface area contributed by atoms with E-state index in [4.69, 9.17) is 9.47 Å². The molecule has 1 saturated heterocycles. The van der Waals surface area contributed by atoms with E-state index in [1.807, 2.05) is 50.2 Å². The van der Waals surface area contributed by atoms with E-state index in [0.717, 1.165) is 16.7 Å². The molecule has 0 bridgehead atoms. The molecule has 1 aliphatic heterocycles. The maximum absolute atomic E-state index is 5.98. The average Bonchev–Trinajstić information content (AvgIpc) is 2.81. The zero-order valence-electron chi connectivity index (χ0n) is 11.8. The van der Waals surface area contributed by atoms with Crippen molar-refractivity contribution in [2.24, 2.45) is 0 Å². The van der Waals surface area contributed by atoms with Crippen LogP contribution in [0.2, 0.25) is 0 Å². The first-order valence-corrected chi connectivity index (χ1v) is 6.83. The van der Waals surface area contributed by atoms with Gasteiger partial charge in [-0.05, 0) is 25.0 Å². The Morgan fingerprint density at radius 2 is 1.35 bits per heavy atom. The van der Waals surface area contributed by atoms with Crippen LogP contribution in [-0.4, -0.2) is 12.2 Å². The standard InChI is InChI=1S/C18H18O2/c1-18(2)13-19-17(20-18)16(14-9-5-3-6-10-14)15-11-7-4-8-12-15/h3-12H,13H2,1-2H3. The molecule has 0 amide bonds. The minimum absolute atomic E-state index is 0.274. The van der Waals surface area contributed by atoms with Crippen LogP contribution in [0, 0.1) is 0 Å². The van der Waals surface area contributed by atoms with Gasteiger partial charge in [0.15, 0.2) is 0 Å². The van der Waals surface area contributed by atoms with Crippen LogP contribution in [0.4, 0.5) is 0 Å². The summed E-state index contributed by atoms with van der Waals surface area (Å²) in [7, 11) is 0. The normalized spacial score (nSPS) is 16.4. The lowest BCUT2D eigenvalue weighted by Gasteiger charge is -2.15. The maximum Gasteiger partial charge on any atom is 0.288 e. The smallest absolute Gasteiger partial charge is 0.288 e. The van der Waals surface area contributed by atoms with E-state index in [1.165, 1.54) is 0 Å². The van der Waals surface area contributed by atoms with E-state index < -0.39 is 0 Å². The number of hydrogen-bond donors (Lipinski definition) is 0. The van der Waals surface area contributed by atoms with Gasteiger partial charge in [0.2, 0.25) is 0 Å². The molecule has 0 N–H and O–H groups in total. The molecule has 0 saturated carbocycles. The molecule has 0 spiro atoms. The molecule has 0 atom stereocenters. The molecule has 1 fully saturated rings. The molecular formula is C18H18O2. The SMILES string of the molecule is CC1(C)COC(=C(c2ccccc2)c2ccccc2)O1. The Labute approximate surface area is 119 Å².